The van der Waals surface area contributed by atoms with Crippen molar-refractivity contribution in [2.45, 2.75) is 13.8 Å². The Hall–Kier alpha value is -2.70. The standard InChI is InChI=1S/C14H16FN5O/c1-3-20(11-6-4-5-10(15)8-11)14-17-9(2)7-12(18-14)13(16)19-21/h4-8,21H,3H2,1-2H3,(H2,16,19). The van der Waals surface area contributed by atoms with Gasteiger partial charge in [-0.15, -0.1) is 0 Å². The average molecular weight is 289 g/mol. The predicted octanol–water partition coefficient (Wildman–Crippen LogP) is 2.18. The molecule has 7 heteroatoms. The lowest BCUT2D eigenvalue weighted by atomic mass is 10.2. The highest BCUT2D eigenvalue weighted by molar-refractivity contribution is 5.95. The lowest BCUT2D eigenvalue weighted by Crippen LogP contribution is -2.22. The molecule has 3 N–H and O–H groups in total. The second-order valence-electron chi connectivity index (χ2n) is 4.40. The Morgan fingerprint density at radius 1 is 1.38 bits per heavy atom. The quantitative estimate of drug-likeness (QED) is 0.390. The van der Waals surface area contributed by atoms with Gasteiger partial charge in [0, 0.05) is 17.9 Å². The molecule has 6 nitrogen and oxygen atoms in total. The second-order valence-corrected chi connectivity index (χ2v) is 4.40. The van der Waals surface area contributed by atoms with Crippen molar-refractivity contribution in [1.29, 1.82) is 0 Å². The summed E-state index contributed by atoms with van der Waals surface area (Å²) in [6.45, 7) is 4.22. The minimum Gasteiger partial charge on any atom is -0.409 e. The van der Waals surface area contributed by atoms with Gasteiger partial charge in [-0.05, 0) is 38.1 Å². The van der Waals surface area contributed by atoms with Gasteiger partial charge in [0.2, 0.25) is 5.95 Å². The predicted molar refractivity (Wildman–Crippen MR) is 78.4 cm³/mol. The first-order valence-corrected chi connectivity index (χ1v) is 6.41. The van der Waals surface area contributed by atoms with E-state index in [0.29, 0.717) is 29.6 Å². The maximum atomic E-state index is 13.4. The molecule has 0 aliphatic carbocycles. The monoisotopic (exact) mass is 289 g/mol. The van der Waals surface area contributed by atoms with Gasteiger partial charge in [-0.1, -0.05) is 11.2 Å². The highest BCUT2D eigenvalue weighted by Crippen LogP contribution is 2.23. The minimum absolute atomic E-state index is 0.1000. The molecule has 0 unspecified atom stereocenters. The molecule has 1 aromatic carbocycles. The van der Waals surface area contributed by atoms with Crippen molar-refractivity contribution in [2.24, 2.45) is 10.9 Å². The van der Waals surface area contributed by atoms with Gasteiger partial charge < -0.3 is 15.8 Å². The first-order valence-electron chi connectivity index (χ1n) is 6.41. The number of aromatic nitrogens is 2. The summed E-state index contributed by atoms with van der Waals surface area (Å²) in [6, 6.07) is 7.77. The summed E-state index contributed by atoms with van der Waals surface area (Å²) >= 11 is 0. The molecule has 2 rings (SSSR count). The molecular formula is C14H16FN5O. The maximum absolute atomic E-state index is 13.4. The van der Waals surface area contributed by atoms with E-state index in [0.717, 1.165) is 0 Å². The lowest BCUT2D eigenvalue weighted by molar-refractivity contribution is 0.318. The summed E-state index contributed by atoms with van der Waals surface area (Å²) in [5, 5.41) is 11.7. The van der Waals surface area contributed by atoms with Crippen LogP contribution in [0.4, 0.5) is 16.0 Å². The summed E-state index contributed by atoms with van der Waals surface area (Å²) in [5.74, 6) is -0.0722. The van der Waals surface area contributed by atoms with Crippen LogP contribution < -0.4 is 10.6 Å². The molecule has 1 aromatic heterocycles. The van der Waals surface area contributed by atoms with Crippen LogP contribution in [0.1, 0.15) is 18.3 Å². The van der Waals surface area contributed by atoms with Crippen LogP contribution in [0.15, 0.2) is 35.5 Å². The van der Waals surface area contributed by atoms with E-state index in [1.807, 2.05) is 6.92 Å². The Labute approximate surface area is 121 Å². The zero-order valence-electron chi connectivity index (χ0n) is 11.8. The third kappa shape index (κ3) is 3.25. The number of aryl methyl sites for hydroxylation is 1. The summed E-state index contributed by atoms with van der Waals surface area (Å²) in [7, 11) is 0. The normalized spacial score (nSPS) is 11.5. The van der Waals surface area contributed by atoms with Crippen molar-refractivity contribution in [3.8, 4) is 0 Å². The molecule has 0 radical (unpaired) electrons. The fourth-order valence-electron chi connectivity index (χ4n) is 1.94. The van der Waals surface area contributed by atoms with Crippen LogP contribution in [-0.4, -0.2) is 27.6 Å². The third-order valence-electron chi connectivity index (χ3n) is 2.89. The van der Waals surface area contributed by atoms with Gasteiger partial charge in [0.25, 0.3) is 0 Å². The van der Waals surface area contributed by atoms with E-state index in [-0.39, 0.29) is 11.7 Å². The van der Waals surface area contributed by atoms with Crippen molar-refractivity contribution in [1.82, 2.24) is 9.97 Å². The van der Waals surface area contributed by atoms with Crippen LogP contribution in [0.25, 0.3) is 0 Å². The number of oxime groups is 1. The van der Waals surface area contributed by atoms with Crippen LogP contribution in [-0.2, 0) is 0 Å². The van der Waals surface area contributed by atoms with Gasteiger partial charge in [-0.3, -0.25) is 0 Å². The number of rotatable bonds is 4. The number of nitrogens with two attached hydrogens (primary N) is 1. The Bertz CT molecular complexity index is 674. The average Bonchev–Trinajstić information content (AvgIpc) is 2.46. The molecule has 2 aromatic rings. The van der Waals surface area contributed by atoms with E-state index in [2.05, 4.69) is 15.1 Å². The molecule has 1 heterocycles. The molecular weight excluding hydrogens is 273 g/mol. The van der Waals surface area contributed by atoms with Gasteiger partial charge in [0.15, 0.2) is 5.84 Å². The van der Waals surface area contributed by atoms with Crippen molar-refractivity contribution < 1.29 is 9.60 Å². The number of hydrogen-bond acceptors (Lipinski definition) is 5. The number of nitrogens with zero attached hydrogens (tertiary/aromatic N) is 4. The molecule has 0 bridgehead atoms. The van der Waals surface area contributed by atoms with E-state index >= 15 is 0 Å². The van der Waals surface area contributed by atoms with Gasteiger partial charge in [0.05, 0.1) is 0 Å². The summed E-state index contributed by atoms with van der Waals surface area (Å²) < 4.78 is 13.4. The van der Waals surface area contributed by atoms with Gasteiger partial charge in [-0.2, -0.15) is 0 Å². The first kappa shape index (κ1) is 14.7. The molecule has 0 atom stereocenters. The topological polar surface area (TPSA) is 87.6 Å². The Balaban J connectivity index is 2.50. The van der Waals surface area contributed by atoms with E-state index in [1.165, 1.54) is 12.1 Å². The summed E-state index contributed by atoms with van der Waals surface area (Å²) in [4.78, 5) is 10.3. The molecule has 0 amide bonds. The van der Waals surface area contributed by atoms with Crippen LogP contribution in [0.5, 0.6) is 0 Å². The van der Waals surface area contributed by atoms with Gasteiger partial charge >= 0.3 is 0 Å². The fraction of sp³-hybridized carbons (Fsp3) is 0.214. The molecule has 21 heavy (non-hydrogen) atoms. The minimum atomic E-state index is -0.338. The van der Waals surface area contributed by atoms with Crippen LogP contribution in [0.2, 0.25) is 0 Å². The Morgan fingerprint density at radius 2 is 2.14 bits per heavy atom. The summed E-state index contributed by atoms with van der Waals surface area (Å²) in [6.07, 6.45) is 0. The van der Waals surface area contributed by atoms with Crippen LogP contribution in [0, 0.1) is 12.7 Å². The van der Waals surface area contributed by atoms with E-state index in [9.17, 15) is 4.39 Å². The van der Waals surface area contributed by atoms with E-state index in [4.69, 9.17) is 10.9 Å². The number of halogens is 1. The highest BCUT2D eigenvalue weighted by atomic mass is 19.1. The smallest absolute Gasteiger partial charge is 0.230 e. The van der Waals surface area contributed by atoms with Crippen LogP contribution in [0.3, 0.4) is 0 Å². The van der Waals surface area contributed by atoms with Gasteiger partial charge in [-0.25, -0.2) is 14.4 Å². The molecule has 0 aliphatic rings. The zero-order valence-corrected chi connectivity index (χ0v) is 11.8. The Morgan fingerprint density at radius 3 is 2.76 bits per heavy atom. The SMILES string of the molecule is CCN(c1cccc(F)c1)c1nc(C)cc(/C(N)=N/O)n1. The number of hydrogen-bond donors (Lipinski definition) is 2. The van der Waals surface area contributed by atoms with Crippen molar-refractivity contribution in [2.75, 3.05) is 11.4 Å². The largest absolute Gasteiger partial charge is 0.409 e. The van der Waals surface area contributed by atoms with Crippen molar-refractivity contribution in [3.05, 3.63) is 47.5 Å². The molecule has 0 saturated carbocycles. The fourth-order valence-corrected chi connectivity index (χ4v) is 1.94. The van der Waals surface area contributed by atoms with Crippen molar-refractivity contribution >= 4 is 17.5 Å². The van der Waals surface area contributed by atoms with E-state index in [1.54, 1.807) is 30.0 Å². The first-order chi connectivity index (χ1) is 10.0. The molecule has 0 spiro atoms. The molecule has 0 fully saturated rings. The maximum Gasteiger partial charge on any atom is 0.230 e. The van der Waals surface area contributed by atoms with Crippen molar-refractivity contribution in [3.63, 3.8) is 0 Å². The third-order valence-corrected chi connectivity index (χ3v) is 2.89. The number of benzene rings is 1. The highest BCUT2D eigenvalue weighted by Gasteiger charge is 2.14. The molecule has 0 aliphatic heterocycles. The summed E-state index contributed by atoms with van der Waals surface area (Å²) in [5.41, 5.74) is 7.18. The second kappa shape index (κ2) is 6.17. The molecule has 0 saturated heterocycles. The molecule has 110 valence electrons. The number of amidine groups is 1. The Kier molecular flexibility index (Phi) is 4.32. The van der Waals surface area contributed by atoms with Crippen LogP contribution >= 0.6 is 0 Å². The van der Waals surface area contributed by atoms with E-state index < -0.39 is 0 Å². The number of anilines is 2. The lowest BCUT2D eigenvalue weighted by Gasteiger charge is -2.21. The zero-order chi connectivity index (χ0) is 15.4. The van der Waals surface area contributed by atoms with Gasteiger partial charge in [0.1, 0.15) is 11.5 Å².